The van der Waals surface area contributed by atoms with E-state index in [0.717, 1.165) is 18.2 Å². The normalized spacial score (nSPS) is 13.7. The lowest BCUT2D eigenvalue weighted by Gasteiger charge is -2.16. The van der Waals surface area contributed by atoms with Crippen LogP contribution in [0.15, 0.2) is 30.6 Å². The molecule has 3 rings (SSSR count). The second kappa shape index (κ2) is 5.90. The molecule has 0 unspecified atom stereocenters. The Balaban J connectivity index is 1.68. The Kier molecular flexibility index (Phi) is 3.81. The van der Waals surface area contributed by atoms with Gasteiger partial charge < -0.3 is 10.6 Å². The van der Waals surface area contributed by atoms with E-state index in [9.17, 15) is 0 Å². The van der Waals surface area contributed by atoms with Crippen LogP contribution in [-0.2, 0) is 19.4 Å². The quantitative estimate of drug-likeness (QED) is 0.895. The van der Waals surface area contributed by atoms with Gasteiger partial charge in [0.15, 0.2) is 0 Å². The standard InChI is InChI=1S/C16H20N4/c1-17-15-9-16(20-11-19-15)18-10-12-6-7-13-4-2-3-5-14(13)8-12/h6-9,11H,2-5,10H2,1H3,(H2,17,18,19,20). The molecular weight excluding hydrogens is 248 g/mol. The lowest BCUT2D eigenvalue weighted by atomic mass is 9.90. The number of benzene rings is 1. The van der Waals surface area contributed by atoms with Gasteiger partial charge in [-0.2, -0.15) is 0 Å². The molecule has 1 aliphatic carbocycles. The molecule has 4 heteroatoms. The van der Waals surface area contributed by atoms with Crippen LogP contribution in [0.1, 0.15) is 29.5 Å². The molecule has 1 aromatic carbocycles. The highest BCUT2D eigenvalue weighted by Crippen LogP contribution is 2.22. The zero-order valence-electron chi connectivity index (χ0n) is 11.8. The number of aromatic nitrogens is 2. The van der Waals surface area contributed by atoms with Crippen LogP contribution in [0.25, 0.3) is 0 Å². The SMILES string of the molecule is CNc1cc(NCc2ccc3c(c2)CCCC3)ncn1. The van der Waals surface area contributed by atoms with Crippen molar-refractivity contribution in [1.82, 2.24) is 9.97 Å². The number of nitrogens with zero attached hydrogens (tertiary/aromatic N) is 2. The van der Waals surface area contributed by atoms with Gasteiger partial charge in [0, 0.05) is 19.7 Å². The molecule has 2 aromatic rings. The van der Waals surface area contributed by atoms with E-state index >= 15 is 0 Å². The Hall–Kier alpha value is -2.10. The lowest BCUT2D eigenvalue weighted by molar-refractivity contribution is 0.684. The van der Waals surface area contributed by atoms with Crippen molar-refractivity contribution in [3.8, 4) is 0 Å². The number of rotatable bonds is 4. The molecular formula is C16H20N4. The lowest BCUT2D eigenvalue weighted by Crippen LogP contribution is -2.06. The van der Waals surface area contributed by atoms with Crippen molar-refractivity contribution < 1.29 is 0 Å². The van der Waals surface area contributed by atoms with Gasteiger partial charge in [0.2, 0.25) is 0 Å². The van der Waals surface area contributed by atoms with Crippen LogP contribution in [0.4, 0.5) is 11.6 Å². The van der Waals surface area contributed by atoms with E-state index in [0.29, 0.717) is 0 Å². The van der Waals surface area contributed by atoms with Gasteiger partial charge >= 0.3 is 0 Å². The topological polar surface area (TPSA) is 49.8 Å². The van der Waals surface area contributed by atoms with E-state index in [4.69, 9.17) is 0 Å². The Morgan fingerprint density at radius 1 is 1.00 bits per heavy atom. The molecule has 4 nitrogen and oxygen atoms in total. The average Bonchev–Trinajstić information content (AvgIpc) is 2.53. The predicted molar refractivity (Wildman–Crippen MR) is 82.0 cm³/mol. The molecule has 1 aliphatic rings. The van der Waals surface area contributed by atoms with Crippen LogP contribution in [-0.4, -0.2) is 17.0 Å². The van der Waals surface area contributed by atoms with Crippen LogP contribution >= 0.6 is 0 Å². The van der Waals surface area contributed by atoms with Gasteiger partial charge in [-0.3, -0.25) is 0 Å². The molecule has 0 aliphatic heterocycles. The summed E-state index contributed by atoms with van der Waals surface area (Å²) in [6, 6.07) is 8.75. The summed E-state index contributed by atoms with van der Waals surface area (Å²) in [6.07, 6.45) is 6.68. The second-order valence-corrected chi connectivity index (χ2v) is 5.20. The van der Waals surface area contributed by atoms with Gasteiger partial charge in [0.25, 0.3) is 0 Å². The summed E-state index contributed by atoms with van der Waals surface area (Å²) in [5.74, 6) is 1.68. The molecule has 0 spiro atoms. The third kappa shape index (κ3) is 2.90. The van der Waals surface area contributed by atoms with Gasteiger partial charge in [-0.15, -0.1) is 0 Å². The molecule has 0 saturated heterocycles. The molecule has 104 valence electrons. The molecule has 0 fully saturated rings. The molecule has 20 heavy (non-hydrogen) atoms. The fraction of sp³-hybridized carbons (Fsp3) is 0.375. The summed E-state index contributed by atoms with van der Waals surface area (Å²) < 4.78 is 0. The van der Waals surface area contributed by atoms with Crippen molar-refractivity contribution in [3.05, 3.63) is 47.3 Å². The zero-order valence-corrected chi connectivity index (χ0v) is 11.8. The third-order valence-electron chi connectivity index (χ3n) is 3.81. The fourth-order valence-electron chi connectivity index (χ4n) is 2.68. The first-order chi connectivity index (χ1) is 9.85. The third-order valence-corrected chi connectivity index (χ3v) is 3.81. The maximum atomic E-state index is 4.23. The summed E-state index contributed by atoms with van der Waals surface area (Å²) in [5.41, 5.74) is 4.36. The summed E-state index contributed by atoms with van der Waals surface area (Å²) in [6.45, 7) is 0.799. The molecule has 0 saturated carbocycles. The summed E-state index contributed by atoms with van der Waals surface area (Å²) in [7, 11) is 1.86. The fourth-order valence-corrected chi connectivity index (χ4v) is 2.68. The average molecular weight is 268 g/mol. The highest BCUT2D eigenvalue weighted by atomic mass is 15.0. The minimum Gasteiger partial charge on any atom is -0.373 e. The van der Waals surface area contributed by atoms with Gasteiger partial charge in [0.1, 0.15) is 18.0 Å². The monoisotopic (exact) mass is 268 g/mol. The Labute approximate surface area is 119 Å². The summed E-state index contributed by atoms with van der Waals surface area (Å²) in [5, 5.41) is 6.37. The number of fused-ring (bicyclic) bond motifs is 1. The molecule has 1 heterocycles. The summed E-state index contributed by atoms with van der Waals surface area (Å²) in [4.78, 5) is 8.34. The highest BCUT2D eigenvalue weighted by Gasteiger charge is 2.09. The molecule has 0 atom stereocenters. The van der Waals surface area contributed by atoms with Crippen molar-refractivity contribution in [3.63, 3.8) is 0 Å². The summed E-state index contributed by atoms with van der Waals surface area (Å²) >= 11 is 0. The largest absolute Gasteiger partial charge is 0.373 e. The Bertz CT molecular complexity index is 595. The van der Waals surface area contributed by atoms with E-state index in [-0.39, 0.29) is 0 Å². The van der Waals surface area contributed by atoms with E-state index in [1.807, 2.05) is 13.1 Å². The first-order valence-electron chi connectivity index (χ1n) is 7.19. The number of aryl methyl sites for hydroxylation is 2. The van der Waals surface area contributed by atoms with E-state index < -0.39 is 0 Å². The van der Waals surface area contributed by atoms with E-state index in [1.54, 1.807) is 6.33 Å². The minimum absolute atomic E-state index is 0.799. The zero-order chi connectivity index (χ0) is 13.8. The molecule has 0 bridgehead atoms. The van der Waals surface area contributed by atoms with Crippen molar-refractivity contribution in [1.29, 1.82) is 0 Å². The number of hydrogen-bond donors (Lipinski definition) is 2. The molecule has 1 aromatic heterocycles. The second-order valence-electron chi connectivity index (χ2n) is 5.20. The van der Waals surface area contributed by atoms with Crippen molar-refractivity contribution in [2.45, 2.75) is 32.2 Å². The van der Waals surface area contributed by atoms with Gasteiger partial charge in [0.05, 0.1) is 0 Å². The molecule has 2 N–H and O–H groups in total. The first kappa shape index (κ1) is 12.9. The van der Waals surface area contributed by atoms with Crippen molar-refractivity contribution in [2.75, 3.05) is 17.7 Å². The van der Waals surface area contributed by atoms with Crippen LogP contribution in [0.3, 0.4) is 0 Å². The van der Waals surface area contributed by atoms with Gasteiger partial charge in [-0.05, 0) is 42.4 Å². The highest BCUT2D eigenvalue weighted by molar-refractivity contribution is 5.46. The smallest absolute Gasteiger partial charge is 0.131 e. The maximum absolute atomic E-state index is 4.23. The Morgan fingerprint density at radius 2 is 1.80 bits per heavy atom. The van der Waals surface area contributed by atoms with Crippen molar-refractivity contribution in [2.24, 2.45) is 0 Å². The minimum atomic E-state index is 0.799. The van der Waals surface area contributed by atoms with E-state index in [2.05, 4.69) is 38.8 Å². The van der Waals surface area contributed by atoms with Crippen LogP contribution < -0.4 is 10.6 Å². The molecule has 0 amide bonds. The maximum Gasteiger partial charge on any atom is 0.131 e. The van der Waals surface area contributed by atoms with Crippen molar-refractivity contribution >= 4 is 11.6 Å². The first-order valence-corrected chi connectivity index (χ1v) is 7.19. The van der Waals surface area contributed by atoms with Gasteiger partial charge in [-0.25, -0.2) is 9.97 Å². The van der Waals surface area contributed by atoms with Crippen LogP contribution in [0, 0.1) is 0 Å². The Morgan fingerprint density at radius 3 is 2.65 bits per heavy atom. The number of nitrogens with one attached hydrogen (secondary N) is 2. The van der Waals surface area contributed by atoms with Crippen LogP contribution in [0.5, 0.6) is 0 Å². The number of anilines is 2. The van der Waals surface area contributed by atoms with Crippen LogP contribution in [0.2, 0.25) is 0 Å². The predicted octanol–water partition coefficient (Wildman–Crippen LogP) is 3.01. The number of hydrogen-bond acceptors (Lipinski definition) is 4. The van der Waals surface area contributed by atoms with E-state index in [1.165, 1.54) is 42.4 Å². The van der Waals surface area contributed by atoms with Gasteiger partial charge in [-0.1, -0.05) is 18.2 Å². The molecule has 0 radical (unpaired) electrons.